The van der Waals surface area contributed by atoms with Gasteiger partial charge >= 0.3 is 0 Å². The zero-order valence-electron chi connectivity index (χ0n) is 33.7. The van der Waals surface area contributed by atoms with E-state index in [0.29, 0.717) is 5.92 Å². The number of benzene rings is 3. The molecule has 0 saturated carbocycles. The summed E-state index contributed by atoms with van der Waals surface area (Å²) in [5.74, 6) is 0.906. The van der Waals surface area contributed by atoms with E-state index in [1.807, 2.05) is 64.2 Å². The van der Waals surface area contributed by atoms with Gasteiger partial charge in [0.25, 0.3) is 0 Å². The summed E-state index contributed by atoms with van der Waals surface area (Å²) in [6.45, 7) is 25.8. The molecular formula is C46H57IrN2O2S2-. The van der Waals surface area contributed by atoms with Crippen LogP contribution in [0.4, 0.5) is 0 Å². The van der Waals surface area contributed by atoms with Crippen molar-refractivity contribution in [3.05, 3.63) is 82.7 Å². The van der Waals surface area contributed by atoms with E-state index in [-0.39, 0.29) is 47.9 Å². The summed E-state index contributed by atoms with van der Waals surface area (Å²) in [6.07, 6.45) is 7.58. The largest absolute Gasteiger partial charge is 0.512 e. The van der Waals surface area contributed by atoms with Crippen LogP contribution in [0.5, 0.6) is 0 Å². The van der Waals surface area contributed by atoms with Gasteiger partial charge in [0.1, 0.15) is 12.1 Å². The standard InChI is InChI=1S/C31H29N2S2.C15H28O2.Ir/c1-17(2)13-23-18(3)34-25-12-11-22-28-30(35-29(22)26(23)25)27(32-16-33-28)20-14-19-9-7-8-10-21(19)24(15-20)31(4,5)6;1-7-14(5,8-2)12(16)11-13(17)15(6,9-3)10-4;/h7-12,15-17H,13H2,1-6H3;11,16H,7-10H2,1-6H3;/q-1;;/b;12-11-;. The van der Waals surface area contributed by atoms with E-state index in [2.05, 4.69) is 90.1 Å². The molecule has 53 heavy (non-hydrogen) atoms. The van der Waals surface area contributed by atoms with E-state index in [1.54, 1.807) is 6.33 Å². The topological polar surface area (TPSA) is 63.1 Å². The number of rotatable bonds is 10. The molecular weight excluding hydrogens is 869 g/mol. The van der Waals surface area contributed by atoms with Crippen molar-refractivity contribution < 1.29 is 30.0 Å². The Balaban J connectivity index is 0.000000299. The second kappa shape index (κ2) is 16.8. The Morgan fingerprint density at radius 3 is 2.11 bits per heavy atom. The molecule has 1 N–H and O–H groups in total. The summed E-state index contributed by atoms with van der Waals surface area (Å²) in [7, 11) is 0. The molecule has 4 nitrogen and oxygen atoms in total. The van der Waals surface area contributed by atoms with Crippen LogP contribution in [0.1, 0.15) is 118 Å². The van der Waals surface area contributed by atoms with Gasteiger partial charge in [-0.25, -0.2) is 4.98 Å². The Morgan fingerprint density at radius 2 is 1.51 bits per heavy atom. The SMILES string of the molecule is CCC(C)(CC)C(=O)/C=C(\O)C(C)(CC)CC.Cc1sc2ccc3c4ncnc(-c5[c-]c6ccccc6c(C(C)(C)C)c5)c4sc3c2c1CC(C)C.[Ir]. The number of aliphatic hydroxyl groups is 1. The quantitative estimate of drug-likeness (QED) is 0.0845. The number of ketones is 1. The van der Waals surface area contributed by atoms with Crippen molar-refractivity contribution >= 4 is 69.6 Å². The van der Waals surface area contributed by atoms with Crippen molar-refractivity contribution in [2.24, 2.45) is 16.7 Å². The maximum atomic E-state index is 12.2. The van der Waals surface area contributed by atoms with Gasteiger partial charge in [0.05, 0.1) is 5.52 Å². The predicted octanol–water partition coefficient (Wildman–Crippen LogP) is 14.1. The van der Waals surface area contributed by atoms with E-state index in [9.17, 15) is 9.90 Å². The fourth-order valence-corrected chi connectivity index (χ4v) is 9.40. The average Bonchev–Trinajstić information content (AvgIpc) is 3.66. The number of aryl methyl sites for hydroxylation is 1. The van der Waals surface area contributed by atoms with Gasteiger partial charge in [0.2, 0.25) is 0 Å². The van der Waals surface area contributed by atoms with Crippen LogP contribution in [-0.4, -0.2) is 20.9 Å². The maximum absolute atomic E-state index is 12.2. The molecule has 0 amide bonds. The number of nitrogens with zero attached hydrogens (tertiary/aromatic N) is 2. The molecule has 1 radical (unpaired) electrons. The number of aromatic nitrogens is 2. The Kier molecular flexibility index (Phi) is 13.6. The molecule has 0 spiro atoms. The summed E-state index contributed by atoms with van der Waals surface area (Å²) in [6, 6.07) is 19.1. The smallest absolute Gasteiger partial charge is 0.164 e. The molecule has 0 saturated heterocycles. The molecule has 3 aromatic carbocycles. The molecule has 0 bridgehead atoms. The molecule has 7 heteroatoms. The van der Waals surface area contributed by atoms with E-state index < -0.39 is 0 Å². The third-order valence-electron chi connectivity index (χ3n) is 11.4. The molecule has 0 aliphatic rings. The monoisotopic (exact) mass is 926 g/mol. The number of carbonyl (C=O) groups excluding carboxylic acids is 1. The number of carbonyl (C=O) groups is 1. The van der Waals surface area contributed by atoms with Gasteiger partial charge in [0.15, 0.2) is 5.78 Å². The molecule has 285 valence electrons. The molecule has 6 rings (SSSR count). The summed E-state index contributed by atoms with van der Waals surface area (Å²) >= 11 is 3.76. The zero-order valence-corrected chi connectivity index (χ0v) is 37.7. The minimum Gasteiger partial charge on any atom is -0.512 e. The Hall–Kier alpha value is -2.96. The fraction of sp³-hybridized carbons (Fsp3) is 0.457. The van der Waals surface area contributed by atoms with Crippen LogP contribution in [-0.2, 0) is 36.7 Å². The van der Waals surface area contributed by atoms with Crippen molar-refractivity contribution in [3.63, 3.8) is 0 Å². The first-order valence-electron chi connectivity index (χ1n) is 19.0. The fourth-order valence-electron chi connectivity index (χ4n) is 6.90. The number of hydrogen-bond donors (Lipinski definition) is 1. The molecule has 3 heterocycles. The zero-order chi connectivity index (χ0) is 38.2. The van der Waals surface area contributed by atoms with Crippen molar-refractivity contribution in [3.8, 4) is 11.3 Å². The Morgan fingerprint density at radius 1 is 0.868 bits per heavy atom. The molecule has 0 fully saturated rings. The van der Waals surface area contributed by atoms with Crippen LogP contribution < -0.4 is 0 Å². The normalized spacial score (nSPS) is 12.8. The average molecular weight is 926 g/mol. The van der Waals surface area contributed by atoms with Crippen LogP contribution in [0.3, 0.4) is 0 Å². The minimum absolute atomic E-state index is 0. The number of fused-ring (bicyclic) bond motifs is 6. The van der Waals surface area contributed by atoms with Gasteiger partial charge in [-0.05, 0) is 68.1 Å². The van der Waals surface area contributed by atoms with Crippen LogP contribution in [0.25, 0.3) is 52.4 Å². The van der Waals surface area contributed by atoms with Crippen molar-refractivity contribution in [1.29, 1.82) is 0 Å². The van der Waals surface area contributed by atoms with Gasteiger partial charge < -0.3 is 5.11 Å². The molecule has 0 aliphatic carbocycles. The van der Waals surface area contributed by atoms with E-state index in [0.717, 1.165) is 59.0 Å². The molecule has 0 unspecified atom stereocenters. The first kappa shape index (κ1) is 42.8. The minimum atomic E-state index is -0.337. The van der Waals surface area contributed by atoms with Crippen LogP contribution in [0.15, 0.2) is 60.6 Å². The summed E-state index contributed by atoms with van der Waals surface area (Å²) in [5.41, 5.74) is 5.32. The summed E-state index contributed by atoms with van der Waals surface area (Å²) < 4.78 is 3.87. The van der Waals surface area contributed by atoms with E-state index >= 15 is 0 Å². The van der Waals surface area contributed by atoms with Gasteiger partial charge in [-0.3, -0.25) is 9.78 Å². The number of hydrogen-bond acceptors (Lipinski definition) is 6. The van der Waals surface area contributed by atoms with Gasteiger partial charge in [-0.1, -0.05) is 105 Å². The van der Waals surface area contributed by atoms with E-state index in [1.165, 1.54) is 47.6 Å². The number of thiophene rings is 2. The second-order valence-electron chi connectivity index (χ2n) is 16.4. The predicted molar refractivity (Wildman–Crippen MR) is 227 cm³/mol. The third-order valence-corrected chi connectivity index (χ3v) is 13.8. The molecule has 0 atom stereocenters. The van der Waals surface area contributed by atoms with Crippen LogP contribution in [0, 0.1) is 29.7 Å². The Labute approximate surface area is 338 Å². The third kappa shape index (κ3) is 8.49. The van der Waals surface area contributed by atoms with Crippen LogP contribution >= 0.6 is 22.7 Å². The van der Waals surface area contributed by atoms with Gasteiger partial charge in [-0.15, -0.1) is 51.8 Å². The molecule has 3 aromatic heterocycles. The van der Waals surface area contributed by atoms with E-state index in [4.69, 9.17) is 9.97 Å². The van der Waals surface area contributed by atoms with Crippen molar-refractivity contribution in [2.75, 3.05) is 0 Å². The number of aliphatic hydroxyl groups excluding tert-OH is 1. The van der Waals surface area contributed by atoms with Crippen LogP contribution in [0.2, 0.25) is 0 Å². The summed E-state index contributed by atoms with van der Waals surface area (Å²) in [4.78, 5) is 23.2. The maximum Gasteiger partial charge on any atom is 0.164 e. The van der Waals surface area contributed by atoms with Gasteiger partial charge in [0, 0.05) is 72.5 Å². The Bertz CT molecular complexity index is 2260. The van der Waals surface area contributed by atoms with Crippen molar-refractivity contribution in [2.45, 2.75) is 121 Å². The second-order valence-corrected chi connectivity index (χ2v) is 18.7. The molecule has 6 aromatic rings. The van der Waals surface area contributed by atoms with Crippen molar-refractivity contribution in [1.82, 2.24) is 9.97 Å². The summed E-state index contributed by atoms with van der Waals surface area (Å²) in [5, 5.41) is 15.2. The number of allylic oxidation sites excluding steroid dienone is 2. The molecule has 0 aliphatic heterocycles. The first-order valence-corrected chi connectivity index (χ1v) is 20.6. The first-order chi connectivity index (χ1) is 24.5. The van der Waals surface area contributed by atoms with Gasteiger partial charge in [-0.2, -0.15) is 0 Å².